The number of amides is 1. The summed E-state index contributed by atoms with van der Waals surface area (Å²) in [5.74, 6) is 1.89. The first-order valence-electron chi connectivity index (χ1n) is 8.50. The molecule has 3 aromatic carbocycles. The van der Waals surface area contributed by atoms with E-state index in [4.69, 9.17) is 14.2 Å². The van der Waals surface area contributed by atoms with E-state index >= 15 is 0 Å². The van der Waals surface area contributed by atoms with Crippen LogP contribution in [0.5, 0.6) is 17.2 Å². The smallest absolute Gasteiger partial charge is 0.255 e. The minimum absolute atomic E-state index is 0.216. The van der Waals surface area contributed by atoms with Gasteiger partial charge in [-0.15, -0.1) is 0 Å². The maximum Gasteiger partial charge on any atom is 0.255 e. The lowest BCUT2D eigenvalue weighted by molar-refractivity contribution is 0.102. The molecule has 0 fully saturated rings. The van der Waals surface area contributed by atoms with E-state index in [-0.39, 0.29) is 5.91 Å². The van der Waals surface area contributed by atoms with Crippen LogP contribution < -0.4 is 19.5 Å². The first-order valence-corrected chi connectivity index (χ1v) is 8.50. The number of benzene rings is 3. The van der Waals surface area contributed by atoms with Gasteiger partial charge in [0.05, 0.1) is 14.2 Å². The number of para-hydroxylation sites is 1. The fourth-order valence-corrected chi connectivity index (χ4v) is 2.61. The van der Waals surface area contributed by atoms with Gasteiger partial charge < -0.3 is 19.5 Å². The van der Waals surface area contributed by atoms with Gasteiger partial charge >= 0.3 is 0 Å². The Bertz CT molecular complexity index is 909. The summed E-state index contributed by atoms with van der Waals surface area (Å²) in [6, 6.07) is 22.0. The molecule has 0 unspecified atom stereocenters. The highest BCUT2D eigenvalue weighted by molar-refractivity contribution is 6.04. The Kier molecular flexibility index (Phi) is 5.94. The molecule has 0 spiro atoms. The average molecular weight is 363 g/mol. The topological polar surface area (TPSA) is 56.8 Å². The molecule has 0 bridgehead atoms. The van der Waals surface area contributed by atoms with Crippen molar-refractivity contribution in [2.45, 2.75) is 6.61 Å². The van der Waals surface area contributed by atoms with Gasteiger partial charge in [-0.3, -0.25) is 4.79 Å². The maximum atomic E-state index is 12.6. The average Bonchev–Trinajstić information content (AvgIpc) is 2.72. The Morgan fingerprint density at radius 1 is 0.852 bits per heavy atom. The highest BCUT2D eigenvalue weighted by Crippen LogP contribution is 2.23. The molecule has 0 atom stereocenters. The van der Waals surface area contributed by atoms with Gasteiger partial charge in [-0.1, -0.05) is 24.3 Å². The van der Waals surface area contributed by atoms with E-state index < -0.39 is 0 Å². The van der Waals surface area contributed by atoms with Gasteiger partial charge in [-0.25, -0.2) is 0 Å². The number of nitrogens with one attached hydrogen (secondary N) is 1. The van der Waals surface area contributed by atoms with Crippen LogP contribution >= 0.6 is 0 Å². The molecule has 1 amide bonds. The predicted octanol–water partition coefficient (Wildman–Crippen LogP) is 4.54. The molecule has 5 nitrogen and oxygen atoms in total. The lowest BCUT2D eigenvalue weighted by Crippen LogP contribution is -2.13. The molecule has 0 saturated carbocycles. The lowest BCUT2D eigenvalue weighted by atomic mass is 10.1. The number of rotatable bonds is 7. The Morgan fingerprint density at radius 2 is 1.63 bits per heavy atom. The first kappa shape index (κ1) is 18.3. The fraction of sp³-hybridized carbons (Fsp3) is 0.136. The minimum atomic E-state index is -0.216. The van der Waals surface area contributed by atoms with Crippen molar-refractivity contribution in [2.24, 2.45) is 0 Å². The van der Waals surface area contributed by atoms with Crippen LogP contribution in [0.4, 0.5) is 5.69 Å². The van der Waals surface area contributed by atoms with Crippen molar-refractivity contribution in [1.82, 2.24) is 0 Å². The lowest BCUT2D eigenvalue weighted by Gasteiger charge is -2.12. The normalized spacial score (nSPS) is 10.1. The number of methoxy groups -OCH3 is 2. The third-order valence-electron chi connectivity index (χ3n) is 4.01. The van der Waals surface area contributed by atoms with Crippen LogP contribution in [0, 0.1) is 0 Å². The SMILES string of the molecule is COc1cccc(NC(=O)c2ccc(OC)c(COc3ccccc3)c2)c1. The van der Waals surface area contributed by atoms with Crippen LogP contribution in [0.15, 0.2) is 72.8 Å². The van der Waals surface area contributed by atoms with Crippen molar-refractivity contribution in [1.29, 1.82) is 0 Å². The van der Waals surface area contributed by atoms with Crippen molar-refractivity contribution in [3.8, 4) is 17.2 Å². The number of hydrogen-bond donors (Lipinski definition) is 1. The quantitative estimate of drug-likeness (QED) is 0.670. The molecule has 1 N–H and O–H groups in total. The number of hydrogen-bond acceptors (Lipinski definition) is 4. The van der Waals surface area contributed by atoms with Crippen molar-refractivity contribution < 1.29 is 19.0 Å². The number of ether oxygens (including phenoxy) is 3. The molecule has 0 heterocycles. The van der Waals surface area contributed by atoms with Gasteiger partial charge in [0, 0.05) is 22.9 Å². The summed E-state index contributed by atoms with van der Waals surface area (Å²) in [5, 5.41) is 2.87. The van der Waals surface area contributed by atoms with E-state index in [1.165, 1.54) is 0 Å². The second-order valence-corrected chi connectivity index (χ2v) is 5.81. The summed E-state index contributed by atoms with van der Waals surface area (Å²) in [5.41, 5.74) is 1.97. The van der Waals surface area contributed by atoms with Crippen LogP contribution in [-0.2, 0) is 6.61 Å². The molecule has 5 heteroatoms. The Morgan fingerprint density at radius 3 is 2.37 bits per heavy atom. The van der Waals surface area contributed by atoms with E-state index in [2.05, 4.69) is 5.32 Å². The molecule has 0 saturated heterocycles. The Balaban J connectivity index is 1.76. The summed E-state index contributed by atoms with van der Waals surface area (Å²) in [7, 11) is 3.18. The second kappa shape index (κ2) is 8.76. The van der Waals surface area contributed by atoms with Crippen molar-refractivity contribution in [3.05, 3.63) is 83.9 Å². The zero-order valence-electron chi connectivity index (χ0n) is 15.3. The van der Waals surface area contributed by atoms with E-state index in [1.807, 2.05) is 48.5 Å². The molecule has 27 heavy (non-hydrogen) atoms. The van der Waals surface area contributed by atoms with Crippen LogP contribution in [-0.4, -0.2) is 20.1 Å². The zero-order valence-corrected chi connectivity index (χ0v) is 15.3. The molecule has 0 radical (unpaired) electrons. The zero-order chi connectivity index (χ0) is 19.1. The van der Waals surface area contributed by atoms with Crippen LogP contribution in [0.2, 0.25) is 0 Å². The van der Waals surface area contributed by atoms with E-state index in [0.29, 0.717) is 29.4 Å². The van der Waals surface area contributed by atoms with Crippen LogP contribution in [0.1, 0.15) is 15.9 Å². The standard InChI is InChI=1S/C22H21NO4/c1-25-20-10-6-7-18(14-20)23-22(24)16-11-12-21(26-2)17(13-16)15-27-19-8-4-3-5-9-19/h3-14H,15H2,1-2H3,(H,23,24). The van der Waals surface area contributed by atoms with Gasteiger partial charge in [0.25, 0.3) is 5.91 Å². The molecule has 0 aliphatic carbocycles. The summed E-state index contributed by atoms with van der Waals surface area (Å²) in [6.45, 7) is 0.299. The molecule has 3 rings (SSSR count). The molecule has 138 valence electrons. The molecule has 0 aromatic heterocycles. The van der Waals surface area contributed by atoms with Crippen molar-refractivity contribution in [2.75, 3.05) is 19.5 Å². The van der Waals surface area contributed by atoms with Gasteiger partial charge in [-0.2, -0.15) is 0 Å². The Labute approximate surface area is 158 Å². The predicted molar refractivity (Wildman–Crippen MR) is 105 cm³/mol. The number of carbonyl (C=O) groups excluding carboxylic acids is 1. The Hall–Kier alpha value is -3.47. The summed E-state index contributed by atoms with van der Waals surface area (Å²) in [4.78, 5) is 12.6. The number of carbonyl (C=O) groups is 1. The van der Waals surface area contributed by atoms with Crippen LogP contribution in [0.25, 0.3) is 0 Å². The van der Waals surface area contributed by atoms with Crippen molar-refractivity contribution >= 4 is 11.6 Å². The number of anilines is 1. The third-order valence-corrected chi connectivity index (χ3v) is 4.01. The minimum Gasteiger partial charge on any atom is -0.497 e. The first-order chi connectivity index (χ1) is 13.2. The van der Waals surface area contributed by atoms with Gasteiger partial charge in [0.2, 0.25) is 0 Å². The van der Waals surface area contributed by atoms with E-state index in [9.17, 15) is 4.79 Å². The summed E-state index contributed by atoms with van der Waals surface area (Å²) in [6.07, 6.45) is 0. The van der Waals surface area contributed by atoms with Gasteiger partial charge in [-0.05, 0) is 42.5 Å². The van der Waals surface area contributed by atoms with E-state index in [0.717, 1.165) is 11.3 Å². The summed E-state index contributed by atoms with van der Waals surface area (Å²) >= 11 is 0. The monoisotopic (exact) mass is 363 g/mol. The fourth-order valence-electron chi connectivity index (χ4n) is 2.61. The molecule has 3 aromatic rings. The maximum absolute atomic E-state index is 12.6. The van der Waals surface area contributed by atoms with Crippen LogP contribution in [0.3, 0.4) is 0 Å². The highest BCUT2D eigenvalue weighted by atomic mass is 16.5. The van der Waals surface area contributed by atoms with Crippen molar-refractivity contribution in [3.63, 3.8) is 0 Å². The second-order valence-electron chi connectivity index (χ2n) is 5.81. The van der Waals surface area contributed by atoms with E-state index in [1.54, 1.807) is 38.5 Å². The molecular formula is C22H21NO4. The summed E-state index contributed by atoms with van der Waals surface area (Å²) < 4.78 is 16.4. The molecule has 0 aliphatic rings. The highest BCUT2D eigenvalue weighted by Gasteiger charge is 2.12. The largest absolute Gasteiger partial charge is 0.497 e. The van der Waals surface area contributed by atoms with Gasteiger partial charge in [0.15, 0.2) is 0 Å². The van der Waals surface area contributed by atoms with Gasteiger partial charge in [0.1, 0.15) is 23.9 Å². The molecule has 0 aliphatic heterocycles. The molecular weight excluding hydrogens is 342 g/mol. The third kappa shape index (κ3) is 4.79.